The molecule has 0 spiro atoms. The van der Waals surface area contributed by atoms with E-state index in [0.717, 1.165) is 16.5 Å². The lowest BCUT2D eigenvalue weighted by Crippen LogP contribution is -2.33. The van der Waals surface area contributed by atoms with Crippen LogP contribution in [0.15, 0.2) is 73.2 Å². The van der Waals surface area contributed by atoms with Gasteiger partial charge in [0.15, 0.2) is 5.78 Å². The van der Waals surface area contributed by atoms with Gasteiger partial charge >= 0.3 is 5.97 Å². The lowest BCUT2D eigenvalue weighted by atomic mass is 10.0. The largest absolute Gasteiger partial charge is 0.466 e. The number of anilines is 1. The Kier molecular flexibility index (Phi) is 10.2. The second kappa shape index (κ2) is 13.5. The molecular formula is C30H32ClN5O4. The van der Waals surface area contributed by atoms with Crippen LogP contribution >= 0.6 is 12.4 Å². The molecule has 4 aromatic rings. The molecule has 4 rings (SSSR count). The molecular weight excluding hydrogens is 530 g/mol. The number of pyridine rings is 1. The number of Topliss-reactive ketones (excluding diaryl/α,β-unsaturated/α-hetero) is 1. The van der Waals surface area contributed by atoms with Crippen LogP contribution in [0.5, 0.6) is 0 Å². The number of ether oxygens (including phenoxy) is 1. The molecule has 2 heterocycles. The molecule has 2 aromatic heterocycles. The summed E-state index contributed by atoms with van der Waals surface area (Å²) in [6.07, 6.45) is 5.82. The maximum atomic E-state index is 13.4. The maximum Gasteiger partial charge on any atom is 0.307 e. The number of halogens is 1. The standard InChI is InChI=1S/C30H31N5O4.ClH/c1-3-39-28(37)14-16-35(30(38)22-5-4-15-33-18-22)23-11-12-24-25(19-34(2)26(24)17-23)27(36)13-8-20-6-9-21(10-7-20)29(31)32;/h4-7,9-12,15,17-19H,3,8,13-14,16H2,1-2H3,(H3,31,32);1H. The molecule has 0 saturated heterocycles. The molecule has 3 N–H and O–H groups in total. The van der Waals surface area contributed by atoms with Crippen molar-refractivity contribution in [1.82, 2.24) is 9.55 Å². The fraction of sp³-hybridized carbons (Fsp3) is 0.233. The highest BCUT2D eigenvalue weighted by molar-refractivity contribution is 6.10. The zero-order valence-corrected chi connectivity index (χ0v) is 23.2. The number of hydrogen-bond donors (Lipinski definition) is 2. The number of nitrogens with two attached hydrogens (primary N) is 1. The van der Waals surface area contributed by atoms with Crippen LogP contribution < -0.4 is 10.6 Å². The van der Waals surface area contributed by atoms with Crippen molar-refractivity contribution in [3.05, 3.63) is 95.4 Å². The van der Waals surface area contributed by atoms with Gasteiger partial charge in [-0.1, -0.05) is 30.3 Å². The summed E-state index contributed by atoms with van der Waals surface area (Å²) in [6.45, 7) is 2.14. The number of rotatable bonds is 11. The number of nitrogen functional groups attached to an aromatic ring is 1. The summed E-state index contributed by atoms with van der Waals surface area (Å²) in [7, 11) is 1.86. The van der Waals surface area contributed by atoms with E-state index in [4.69, 9.17) is 15.9 Å². The highest BCUT2D eigenvalue weighted by Crippen LogP contribution is 2.28. The average molecular weight is 562 g/mol. The molecule has 0 fully saturated rings. The van der Waals surface area contributed by atoms with E-state index in [1.54, 1.807) is 43.5 Å². The van der Waals surface area contributed by atoms with Crippen molar-refractivity contribution in [1.29, 1.82) is 5.41 Å². The van der Waals surface area contributed by atoms with Gasteiger partial charge in [0.1, 0.15) is 5.84 Å². The van der Waals surface area contributed by atoms with Crippen LogP contribution in [0.3, 0.4) is 0 Å². The number of fused-ring (bicyclic) bond motifs is 1. The minimum Gasteiger partial charge on any atom is -0.466 e. The first kappa shape index (κ1) is 30.0. The van der Waals surface area contributed by atoms with E-state index in [2.05, 4.69) is 4.98 Å². The van der Waals surface area contributed by atoms with Gasteiger partial charge in [-0.05, 0) is 43.2 Å². The van der Waals surface area contributed by atoms with E-state index in [0.29, 0.717) is 35.2 Å². The number of amidine groups is 1. The second-order valence-electron chi connectivity index (χ2n) is 9.14. The van der Waals surface area contributed by atoms with E-state index in [-0.39, 0.29) is 55.5 Å². The number of amides is 1. The molecule has 0 saturated carbocycles. The lowest BCUT2D eigenvalue weighted by Gasteiger charge is -2.23. The van der Waals surface area contributed by atoms with E-state index in [9.17, 15) is 14.4 Å². The smallest absolute Gasteiger partial charge is 0.307 e. The normalized spacial score (nSPS) is 10.6. The third-order valence-electron chi connectivity index (χ3n) is 6.49. The first-order valence-corrected chi connectivity index (χ1v) is 12.7. The van der Waals surface area contributed by atoms with Gasteiger partial charge in [-0.2, -0.15) is 0 Å². The van der Waals surface area contributed by atoms with Crippen molar-refractivity contribution >= 4 is 52.5 Å². The van der Waals surface area contributed by atoms with E-state index >= 15 is 0 Å². The molecule has 0 atom stereocenters. The quantitative estimate of drug-likeness (QED) is 0.118. The van der Waals surface area contributed by atoms with Crippen molar-refractivity contribution in [3.8, 4) is 0 Å². The fourth-order valence-corrected chi connectivity index (χ4v) is 4.44. The van der Waals surface area contributed by atoms with Crippen LogP contribution in [-0.4, -0.2) is 46.2 Å². The number of benzene rings is 2. The highest BCUT2D eigenvalue weighted by atomic mass is 35.5. The van der Waals surface area contributed by atoms with Crippen LogP contribution in [-0.2, 0) is 23.0 Å². The molecule has 10 heteroatoms. The molecule has 40 heavy (non-hydrogen) atoms. The molecule has 0 unspecified atom stereocenters. The molecule has 9 nitrogen and oxygen atoms in total. The highest BCUT2D eigenvalue weighted by Gasteiger charge is 2.22. The molecule has 2 aromatic carbocycles. The van der Waals surface area contributed by atoms with Crippen LogP contribution in [0.1, 0.15) is 51.6 Å². The molecule has 0 bridgehead atoms. The molecule has 0 aliphatic rings. The Morgan fingerprint density at radius 2 is 1.80 bits per heavy atom. The molecule has 0 aliphatic carbocycles. The number of nitrogens with zero attached hydrogens (tertiary/aromatic N) is 3. The monoisotopic (exact) mass is 561 g/mol. The minimum absolute atomic E-state index is 0. The van der Waals surface area contributed by atoms with Crippen LogP contribution in [0.25, 0.3) is 10.9 Å². The Hall–Kier alpha value is -4.50. The Labute approximate surface area is 238 Å². The second-order valence-corrected chi connectivity index (χ2v) is 9.14. The summed E-state index contributed by atoms with van der Waals surface area (Å²) in [4.78, 5) is 44.2. The number of esters is 1. The minimum atomic E-state index is -0.384. The Balaban J connectivity index is 0.00000441. The summed E-state index contributed by atoms with van der Waals surface area (Å²) in [5.41, 5.74) is 9.56. The third-order valence-corrected chi connectivity index (χ3v) is 6.49. The van der Waals surface area contributed by atoms with Gasteiger partial charge in [0.25, 0.3) is 5.91 Å². The van der Waals surface area contributed by atoms with Crippen LogP contribution in [0.4, 0.5) is 5.69 Å². The van der Waals surface area contributed by atoms with Crippen molar-refractivity contribution in [2.75, 3.05) is 18.1 Å². The number of carbonyl (C=O) groups excluding carboxylic acids is 3. The van der Waals surface area contributed by atoms with Gasteiger partial charge in [0, 0.05) is 60.8 Å². The van der Waals surface area contributed by atoms with Gasteiger partial charge in [-0.25, -0.2) is 0 Å². The van der Waals surface area contributed by atoms with Gasteiger partial charge in [-0.15, -0.1) is 12.4 Å². The topological polar surface area (TPSA) is 131 Å². The first-order chi connectivity index (χ1) is 18.8. The number of aryl methyl sites for hydroxylation is 2. The number of aromatic nitrogens is 2. The lowest BCUT2D eigenvalue weighted by molar-refractivity contribution is -0.142. The van der Waals surface area contributed by atoms with Crippen molar-refractivity contribution in [2.45, 2.75) is 26.2 Å². The van der Waals surface area contributed by atoms with Crippen LogP contribution in [0, 0.1) is 5.41 Å². The summed E-state index contributed by atoms with van der Waals surface area (Å²) < 4.78 is 6.92. The van der Waals surface area contributed by atoms with Crippen molar-refractivity contribution in [3.63, 3.8) is 0 Å². The molecule has 208 valence electrons. The van der Waals surface area contributed by atoms with Crippen molar-refractivity contribution < 1.29 is 19.1 Å². The van der Waals surface area contributed by atoms with Gasteiger partial charge in [0.2, 0.25) is 0 Å². The zero-order valence-electron chi connectivity index (χ0n) is 22.4. The molecule has 0 aliphatic heterocycles. The summed E-state index contributed by atoms with van der Waals surface area (Å²) in [6, 6.07) is 16.2. The average Bonchev–Trinajstić information content (AvgIpc) is 3.28. The maximum absolute atomic E-state index is 13.4. The van der Waals surface area contributed by atoms with Gasteiger partial charge in [0.05, 0.1) is 24.1 Å². The van der Waals surface area contributed by atoms with E-state index in [1.807, 2.05) is 42.1 Å². The SMILES string of the molecule is CCOC(=O)CCN(C(=O)c1cccnc1)c1ccc2c(C(=O)CCc3ccc(C(=N)N)cc3)cn(C)c2c1.Cl. The number of carbonyl (C=O) groups is 3. The summed E-state index contributed by atoms with van der Waals surface area (Å²) in [5, 5.41) is 8.30. The first-order valence-electron chi connectivity index (χ1n) is 12.7. The number of ketones is 1. The Morgan fingerprint density at radius 3 is 2.45 bits per heavy atom. The predicted octanol–water partition coefficient (Wildman–Crippen LogP) is 4.69. The summed E-state index contributed by atoms with van der Waals surface area (Å²) >= 11 is 0. The van der Waals surface area contributed by atoms with E-state index < -0.39 is 0 Å². The summed E-state index contributed by atoms with van der Waals surface area (Å²) in [5.74, 6) is -0.651. The zero-order chi connectivity index (χ0) is 27.9. The Bertz CT molecular complexity index is 1520. The van der Waals surface area contributed by atoms with Gasteiger partial charge < -0.3 is 19.9 Å². The fourth-order valence-electron chi connectivity index (χ4n) is 4.44. The van der Waals surface area contributed by atoms with Crippen molar-refractivity contribution in [2.24, 2.45) is 12.8 Å². The van der Waals surface area contributed by atoms with Gasteiger partial charge in [-0.3, -0.25) is 24.8 Å². The van der Waals surface area contributed by atoms with Crippen LogP contribution in [0.2, 0.25) is 0 Å². The Morgan fingerprint density at radius 1 is 1.05 bits per heavy atom. The third kappa shape index (κ3) is 6.92. The molecule has 0 radical (unpaired) electrons. The van der Waals surface area contributed by atoms with E-state index in [1.165, 1.54) is 11.1 Å². The molecule has 1 amide bonds. The number of hydrogen-bond acceptors (Lipinski definition) is 6. The number of nitrogens with one attached hydrogen (secondary N) is 1. The predicted molar refractivity (Wildman–Crippen MR) is 157 cm³/mol.